The van der Waals surface area contributed by atoms with Gasteiger partial charge in [-0.2, -0.15) is 0 Å². The molecule has 6 heteroatoms. The van der Waals surface area contributed by atoms with E-state index >= 15 is 0 Å². The number of anilines is 1. The third-order valence-corrected chi connectivity index (χ3v) is 3.28. The van der Waals surface area contributed by atoms with Crippen LogP contribution in [0.1, 0.15) is 11.7 Å². The van der Waals surface area contributed by atoms with Crippen LogP contribution in [0.4, 0.5) is 10.5 Å². The first-order chi connectivity index (χ1) is 11.1. The molecule has 1 atom stereocenters. The van der Waals surface area contributed by atoms with Crippen LogP contribution in [0.2, 0.25) is 0 Å². The molecule has 23 heavy (non-hydrogen) atoms. The van der Waals surface area contributed by atoms with Crippen molar-refractivity contribution in [2.24, 2.45) is 0 Å². The van der Waals surface area contributed by atoms with Crippen molar-refractivity contribution in [3.63, 3.8) is 0 Å². The van der Waals surface area contributed by atoms with Crippen LogP contribution >= 0.6 is 0 Å². The summed E-state index contributed by atoms with van der Waals surface area (Å²) >= 11 is 0. The Bertz CT molecular complexity index is 646. The van der Waals surface area contributed by atoms with Gasteiger partial charge in [0, 0.05) is 12.2 Å². The standard InChI is InChI=1S/C17H20N2O4/c1-22-15-9-8-12(10-16(15)23-2)14(20)11-18-17(21)19-13-6-4-3-5-7-13/h3-10,14,20H,11H2,1-2H3,(H2,18,19,21). The summed E-state index contributed by atoms with van der Waals surface area (Å²) in [4.78, 5) is 11.8. The normalized spacial score (nSPS) is 11.4. The van der Waals surface area contributed by atoms with E-state index < -0.39 is 6.10 Å². The minimum Gasteiger partial charge on any atom is -0.493 e. The van der Waals surface area contributed by atoms with Gasteiger partial charge in [0.1, 0.15) is 0 Å². The van der Waals surface area contributed by atoms with Crippen molar-refractivity contribution >= 4 is 11.7 Å². The van der Waals surface area contributed by atoms with Gasteiger partial charge in [-0.1, -0.05) is 24.3 Å². The molecule has 0 heterocycles. The van der Waals surface area contributed by atoms with Crippen LogP contribution in [0.15, 0.2) is 48.5 Å². The van der Waals surface area contributed by atoms with E-state index in [1.54, 1.807) is 37.4 Å². The Morgan fingerprint density at radius 1 is 1.09 bits per heavy atom. The molecule has 2 rings (SSSR count). The van der Waals surface area contributed by atoms with Crippen molar-refractivity contribution in [1.82, 2.24) is 5.32 Å². The van der Waals surface area contributed by atoms with Gasteiger partial charge in [-0.25, -0.2) is 4.79 Å². The molecule has 0 aromatic heterocycles. The summed E-state index contributed by atoms with van der Waals surface area (Å²) in [7, 11) is 3.07. The zero-order valence-electron chi connectivity index (χ0n) is 13.1. The summed E-state index contributed by atoms with van der Waals surface area (Å²) in [6.45, 7) is 0.0775. The summed E-state index contributed by atoms with van der Waals surface area (Å²) < 4.78 is 10.3. The van der Waals surface area contributed by atoms with E-state index in [2.05, 4.69) is 10.6 Å². The van der Waals surface area contributed by atoms with Crippen LogP contribution in [0.5, 0.6) is 11.5 Å². The maximum Gasteiger partial charge on any atom is 0.319 e. The third kappa shape index (κ3) is 4.62. The van der Waals surface area contributed by atoms with Crippen LogP contribution < -0.4 is 20.1 Å². The van der Waals surface area contributed by atoms with Crippen molar-refractivity contribution in [3.05, 3.63) is 54.1 Å². The van der Waals surface area contributed by atoms with Gasteiger partial charge in [0.2, 0.25) is 0 Å². The molecule has 0 bridgehead atoms. The number of aliphatic hydroxyl groups is 1. The number of hydrogen-bond donors (Lipinski definition) is 3. The monoisotopic (exact) mass is 316 g/mol. The fourth-order valence-electron chi connectivity index (χ4n) is 2.06. The number of benzene rings is 2. The number of para-hydroxylation sites is 1. The second-order valence-electron chi connectivity index (χ2n) is 4.83. The van der Waals surface area contributed by atoms with Crippen LogP contribution in [0.25, 0.3) is 0 Å². The van der Waals surface area contributed by atoms with E-state index in [9.17, 15) is 9.90 Å². The van der Waals surface area contributed by atoms with Crippen LogP contribution in [0, 0.1) is 0 Å². The van der Waals surface area contributed by atoms with Gasteiger partial charge in [-0.15, -0.1) is 0 Å². The predicted molar refractivity (Wildman–Crippen MR) is 88.0 cm³/mol. The molecule has 0 aliphatic heterocycles. The molecule has 6 nitrogen and oxygen atoms in total. The summed E-state index contributed by atoms with van der Waals surface area (Å²) in [6.07, 6.45) is -0.851. The highest BCUT2D eigenvalue weighted by Gasteiger charge is 2.13. The van der Waals surface area contributed by atoms with Gasteiger partial charge in [-0.05, 0) is 29.8 Å². The number of nitrogens with one attached hydrogen (secondary N) is 2. The number of hydrogen-bond acceptors (Lipinski definition) is 4. The Labute approximate surface area is 135 Å². The van der Waals surface area contributed by atoms with Crippen molar-refractivity contribution < 1.29 is 19.4 Å². The summed E-state index contributed by atoms with van der Waals surface area (Å²) in [5.74, 6) is 1.11. The van der Waals surface area contributed by atoms with Gasteiger partial charge in [0.15, 0.2) is 11.5 Å². The summed E-state index contributed by atoms with van der Waals surface area (Å²) in [5.41, 5.74) is 1.31. The molecule has 0 saturated heterocycles. The van der Waals surface area contributed by atoms with E-state index in [0.717, 1.165) is 0 Å². The lowest BCUT2D eigenvalue weighted by Gasteiger charge is -2.15. The molecule has 0 aliphatic rings. The van der Waals surface area contributed by atoms with Crippen LogP contribution in [-0.4, -0.2) is 31.9 Å². The molecule has 122 valence electrons. The van der Waals surface area contributed by atoms with Crippen LogP contribution in [-0.2, 0) is 0 Å². The first kappa shape index (κ1) is 16.6. The molecule has 1 unspecified atom stereocenters. The molecule has 0 spiro atoms. The quantitative estimate of drug-likeness (QED) is 0.765. The van der Waals surface area contributed by atoms with Crippen molar-refractivity contribution in [2.45, 2.75) is 6.10 Å². The van der Waals surface area contributed by atoms with Crippen molar-refractivity contribution in [1.29, 1.82) is 0 Å². The highest BCUT2D eigenvalue weighted by molar-refractivity contribution is 5.89. The second-order valence-corrected chi connectivity index (χ2v) is 4.83. The van der Waals surface area contributed by atoms with Gasteiger partial charge in [0.05, 0.1) is 20.3 Å². The van der Waals surface area contributed by atoms with E-state index in [4.69, 9.17) is 9.47 Å². The predicted octanol–water partition coefficient (Wildman–Crippen LogP) is 2.56. The molecular weight excluding hydrogens is 296 g/mol. The Morgan fingerprint density at radius 3 is 2.43 bits per heavy atom. The minimum absolute atomic E-state index is 0.0775. The first-order valence-electron chi connectivity index (χ1n) is 7.14. The smallest absolute Gasteiger partial charge is 0.319 e. The third-order valence-electron chi connectivity index (χ3n) is 3.28. The molecule has 2 aromatic rings. The largest absolute Gasteiger partial charge is 0.493 e. The Hall–Kier alpha value is -2.73. The molecule has 0 fully saturated rings. The van der Waals surface area contributed by atoms with Crippen molar-refractivity contribution in [3.8, 4) is 11.5 Å². The van der Waals surface area contributed by atoms with E-state index in [0.29, 0.717) is 22.7 Å². The molecule has 3 N–H and O–H groups in total. The van der Waals surface area contributed by atoms with Gasteiger partial charge in [-0.3, -0.25) is 0 Å². The average Bonchev–Trinajstić information content (AvgIpc) is 2.59. The Kier molecular flexibility index (Phi) is 5.82. The number of aliphatic hydroxyl groups excluding tert-OH is 1. The average molecular weight is 316 g/mol. The Balaban J connectivity index is 1.91. The minimum atomic E-state index is -0.851. The maximum absolute atomic E-state index is 11.8. The molecule has 0 radical (unpaired) electrons. The number of methoxy groups -OCH3 is 2. The maximum atomic E-state index is 11.8. The molecule has 0 saturated carbocycles. The highest BCUT2D eigenvalue weighted by Crippen LogP contribution is 2.29. The molecule has 0 aliphatic carbocycles. The number of carbonyl (C=O) groups excluding carboxylic acids is 1. The lowest BCUT2D eigenvalue weighted by Crippen LogP contribution is -2.32. The Morgan fingerprint density at radius 2 is 1.78 bits per heavy atom. The van der Waals surface area contributed by atoms with E-state index in [1.807, 2.05) is 18.2 Å². The number of carbonyl (C=O) groups is 1. The topological polar surface area (TPSA) is 79.8 Å². The van der Waals surface area contributed by atoms with Crippen molar-refractivity contribution in [2.75, 3.05) is 26.1 Å². The first-order valence-corrected chi connectivity index (χ1v) is 7.14. The molecule has 2 amide bonds. The lowest BCUT2D eigenvalue weighted by molar-refractivity contribution is 0.174. The fraction of sp³-hybridized carbons (Fsp3) is 0.235. The van der Waals surface area contributed by atoms with Gasteiger partial charge >= 0.3 is 6.03 Å². The number of ether oxygens (including phenoxy) is 2. The molecule has 2 aromatic carbocycles. The zero-order valence-corrected chi connectivity index (χ0v) is 13.1. The lowest BCUT2D eigenvalue weighted by atomic mass is 10.1. The zero-order chi connectivity index (χ0) is 16.7. The number of urea groups is 1. The van der Waals surface area contributed by atoms with Gasteiger partial charge in [0.25, 0.3) is 0 Å². The number of amides is 2. The second kappa shape index (κ2) is 8.05. The highest BCUT2D eigenvalue weighted by atomic mass is 16.5. The number of rotatable bonds is 6. The van der Waals surface area contributed by atoms with Gasteiger partial charge < -0.3 is 25.2 Å². The fourth-order valence-corrected chi connectivity index (χ4v) is 2.06. The molecular formula is C17H20N2O4. The van der Waals surface area contributed by atoms with Crippen LogP contribution in [0.3, 0.4) is 0 Å². The van der Waals surface area contributed by atoms with E-state index in [-0.39, 0.29) is 12.6 Å². The summed E-state index contributed by atoms with van der Waals surface area (Å²) in [5, 5.41) is 15.5. The SMILES string of the molecule is COc1ccc(C(O)CNC(=O)Nc2ccccc2)cc1OC. The summed E-state index contributed by atoms with van der Waals surface area (Å²) in [6, 6.07) is 13.8. The van der Waals surface area contributed by atoms with E-state index in [1.165, 1.54) is 7.11 Å².